The number of hydrogen-bond donors (Lipinski definition) is 1. The Bertz CT molecular complexity index is 438. The second-order valence-corrected chi connectivity index (χ2v) is 3.32. The fraction of sp³-hybridized carbons (Fsp3) is 0.111. The van der Waals surface area contributed by atoms with Crippen molar-refractivity contribution in [2.75, 3.05) is 5.43 Å². The lowest BCUT2D eigenvalue weighted by atomic mass is 10.4. The minimum atomic E-state index is 0.423. The quantitative estimate of drug-likeness (QED) is 0.769. The molecular weight excluding hydrogens is 200 g/mol. The summed E-state index contributed by atoms with van der Waals surface area (Å²) in [6.45, 7) is 2.02. The van der Waals surface area contributed by atoms with Crippen molar-refractivity contribution in [3.8, 4) is 0 Å². The first-order valence-corrected chi connectivity index (χ1v) is 4.51. The molecule has 0 bridgehead atoms. The Balaban J connectivity index is 2.18. The molecular formula is C9H9ClN4. The molecule has 0 atom stereocenters. The maximum atomic E-state index is 5.72. The van der Waals surface area contributed by atoms with Crippen LogP contribution in [0.4, 0.5) is 5.82 Å². The van der Waals surface area contributed by atoms with Crippen LogP contribution in [-0.4, -0.2) is 14.6 Å². The molecule has 2 aromatic rings. The second kappa shape index (κ2) is 3.67. The molecule has 1 N–H and O–H groups in total. The van der Waals surface area contributed by atoms with Gasteiger partial charge >= 0.3 is 0 Å². The van der Waals surface area contributed by atoms with E-state index >= 15 is 0 Å². The van der Waals surface area contributed by atoms with Crippen LogP contribution in [0.1, 0.15) is 5.56 Å². The van der Waals surface area contributed by atoms with Crippen molar-refractivity contribution >= 4 is 17.4 Å². The number of nitrogens with zero attached hydrogens (tertiary/aromatic N) is 3. The lowest BCUT2D eigenvalue weighted by Gasteiger charge is -2.05. The summed E-state index contributed by atoms with van der Waals surface area (Å²) in [6, 6.07) is 3.66. The van der Waals surface area contributed by atoms with Gasteiger partial charge in [-0.15, -0.1) is 0 Å². The fourth-order valence-electron chi connectivity index (χ4n) is 1.10. The first kappa shape index (κ1) is 9.02. The highest BCUT2D eigenvalue weighted by atomic mass is 35.5. The van der Waals surface area contributed by atoms with Gasteiger partial charge in [0.15, 0.2) is 0 Å². The number of anilines is 1. The molecule has 0 aliphatic heterocycles. The zero-order chi connectivity index (χ0) is 9.97. The van der Waals surface area contributed by atoms with E-state index in [4.69, 9.17) is 11.6 Å². The molecule has 0 fully saturated rings. The highest BCUT2D eigenvalue weighted by Crippen LogP contribution is 2.09. The van der Waals surface area contributed by atoms with Crippen LogP contribution in [0.3, 0.4) is 0 Å². The Hall–Kier alpha value is -1.55. The zero-order valence-corrected chi connectivity index (χ0v) is 8.36. The molecule has 2 heterocycles. The van der Waals surface area contributed by atoms with E-state index in [9.17, 15) is 0 Å². The summed E-state index contributed by atoms with van der Waals surface area (Å²) in [6.07, 6.45) is 5.28. The van der Waals surface area contributed by atoms with Gasteiger partial charge in [-0.25, -0.2) is 9.97 Å². The summed E-state index contributed by atoms with van der Waals surface area (Å²) in [7, 11) is 0. The van der Waals surface area contributed by atoms with Crippen molar-refractivity contribution in [1.29, 1.82) is 0 Å². The SMILES string of the molecule is Cc1ccn(Nc2cc(Cl)ncn2)c1. The van der Waals surface area contributed by atoms with Gasteiger partial charge in [-0.3, -0.25) is 10.1 Å². The van der Waals surface area contributed by atoms with E-state index in [1.165, 1.54) is 11.9 Å². The van der Waals surface area contributed by atoms with Gasteiger partial charge in [-0.2, -0.15) is 0 Å². The van der Waals surface area contributed by atoms with Crippen molar-refractivity contribution < 1.29 is 0 Å². The van der Waals surface area contributed by atoms with Gasteiger partial charge in [0, 0.05) is 18.5 Å². The molecule has 0 saturated heterocycles. The van der Waals surface area contributed by atoms with Gasteiger partial charge in [0.2, 0.25) is 0 Å². The molecule has 0 aliphatic carbocycles. The lowest BCUT2D eigenvalue weighted by molar-refractivity contribution is 0.943. The normalized spacial score (nSPS) is 10.1. The summed E-state index contributed by atoms with van der Waals surface area (Å²) < 4.78 is 1.81. The molecule has 72 valence electrons. The fourth-order valence-corrected chi connectivity index (χ4v) is 1.25. The Morgan fingerprint density at radius 1 is 1.43 bits per heavy atom. The van der Waals surface area contributed by atoms with Crippen LogP contribution < -0.4 is 5.43 Å². The second-order valence-electron chi connectivity index (χ2n) is 2.93. The van der Waals surface area contributed by atoms with E-state index in [1.807, 2.05) is 30.1 Å². The van der Waals surface area contributed by atoms with Crippen LogP contribution in [-0.2, 0) is 0 Å². The van der Waals surface area contributed by atoms with Crippen LogP contribution in [0.2, 0.25) is 5.15 Å². The van der Waals surface area contributed by atoms with Crippen LogP contribution in [0.25, 0.3) is 0 Å². The molecule has 0 radical (unpaired) electrons. The molecule has 4 nitrogen and oxygen atoms in total. The van der Waals surface area contributed by atoms with E-state index < -0.39 is 0 Å². The number of nitrogens with one attached hydrogen (secondary N) is 1. The largest absolute Gasteiger partial charge is 0.278 e. The van der Waals surface area contributed by atoms with Gasteiger partial charge in [-0.05, 0) is 18.6 Å². The van der Waals surface area contributed by atoms with Crippen LogP contribution in [0.15, 0.2) is 30.9 Å². The number of rotatable bonds is 2. The van der Waals surface area contributed by atoms with Crippen molar-refractivity contribution in [3.05, 3.63) is 41.6 Å². The van der Waals surface area contributed by atoms with Gasteiger partial charge < -0.3 is 0 Å². The predicted octanol–water partition coefficient (Wildman–Crippen LogP) is 2.12. The van der Waals surface area contributed by atoms with Gasteiger partial charge in [0.1, 0.15) is 17.3 Å². The number of aromatic nitrogens is 3. The Morgan fingerprint density at radius 2 is 2.29 bits per heavy atom. The third-order valence-electron chi connectivity index (χ3n) is 1.72. The highest BCUT2D eigenvalue weighted by molar-refractivity contribution is 6.29. The molecule has 0 saturated carbocycles. The number of hydrogen-bond acceptors (Lipinski definition) is 3. The molecule has 0 unspecified atom stereocenters. The average Bonchev–Trinajstić information content (AvgIpc) is 2.51. The van der Waals surface area contributed by atoms with Crippen LogP contribution >= 0.6 is 11.6 Å². The summed E-state index contributed by atoms with van der Waals surface area (Å²) in [5.74, 6) is 0.667. The van der Waals surface area contributed by atoms with Crippen molar-refractivity contribution in [2.24, 2.45) is 0 Å². The lowest BCUT2D eigenvalue weighted by Crippen LogP contribution is -2.07. The van der Waals surface area contributed by atoms with E-state index in [1.54, 1.807) is 6.07 Å². The molecule has 2 rings (SSSR count). The van der Waals surface area contributed by atoms with Crippen molar-refractivity contribution in [2.45, 2.75) is 6.92 Å². The van der Waals surface area contributed by atoms with Crippen LogP contribution in [0.5, 0.6) is 0 Å². The summed E-state index contributed by atoms with van der Waals surface area (Å²) in [5, 5.41) is 0.423. The molecule has 2 aromatic heterocycles. The van der Waals surface area contributed by atoms with Crippen molar-refractivity contribution in [3.63, 3.8) is 0 Å². The van der Waals surface area contributed by atoms with E-state index in [2.05, 4.69) is 15.4 Å². The number of halogens is 1. The third kappa shape index (κ3) is 2.03. The summed E-state index contributed by atoms with van der Waals surface area (Å²) >= 11 is 5.72. The highest BCUT2D eigenvalue weighted by Gasteiger charge is 1.96. The molecule has 0 aromatic carbocycles. The summed E-state index contributed by atoms with van der Waals surface area (Å²) in [5.41, 5.74) is 4.23. The predicted molar refractivity (Wildman–Crippen MR) is 55.2 cm³/mol. The van der Waals surface area contributed by atoms with Crippen molar-refractivity contribution in [1.82, 2.24) is 14.6 Å². The van der Waals surface area contributed by atoms with E-state index in [0.717, 1.165) is 0 Å². The topological polar surface area (TPSA) is 42.7 Å². The van der Waals surface area contributed by atoms with Gasteiger partial charge in [0.25, 0.3) is 0 Å². The minimum absolute atomic E-state index is 0.423. The average molecular weight is 209 g/mol. The zero-order valence-electron chi connectivity index (χ0n) is 7.61. The Kier molecular flexibility index (Phi) is 2.37. The molecule has 5 heteroatoms. The maximum Gasteiger partial charge on any atom is 0.149 e. The molecule has 14 heavy (non-hydrogen) atoms. The monoisotopic (exact) mass is 208 g/mol. The first-order chi connectivity index (χ1) is 6.74. The third-order valence-corrected chi connectivity index (χ3v) is 1.92. The molecule has 0 amide bonds. The first-order valence-electron chi connectivity index (χ1n) is 4.13. The Labute approximate surface area is 86.5 Å². The maximum absolute atomic E-state index is 5.72. The Morgan fingerprint density at radius 3 is 2.93 bits per heavy atom. The van der Waals surface area contributed by atoms with Gasteiger partial charge in [-0.1, -0.05) is 11.6 Å². The molecule has 0 aliphatic rings. The number of aryl methyl sites for hydroxylation is 1. The smallest absolute Gasteiger partial charge is 0.149 e. The van der Waals surface area contributed by atoms with Crippen LogP contribution in [0, 0.1) is 6.92 Å². The summed E-state index contributed by atoms with van der Waals surface area (Å²) in [4.78, 5) is 7.81. The standard InChI is InChI=1S/C9H9ClN4/c1-7-2-3-14(5-7)13-9-4-8(10)11-6-12-9/h2-6H,1H3,(H,11,12,13). The van der Waals surface area contributed by atoms with E-state index in [0.29, 0.717) is 11.0 Å². The minimum Gasteiger partial charge on any atom is -0.278 e. The van der Waals surface area contributed by atoms with E-state index in [-0.39, 0.29) is 0 Å². The van der Waals surface area contributed by atoms with Gasteiger partial charge in [0.05, 0.1) is 0 Å². The molecule has 0 spiro atoms.